The first-order valence-corrected chi connectivity index (χ1v) is 6.65. The second-order valence-electron chi connectivity index (χ2n) is 4.92. The van der Waals surface area contributed by atoms with Crippen LogP contribution in [0.4, 0.5) is 0 Å². The molecule has 2 heteroatoms. The molecule has 0 amide bonds. The zero-order valence-corrected chi connectivity index (χ0v) is 10.9. The van der Waals surface area contributed by atoms with Gasteiger partial charge in [-0.1, -0.05) is 24.3 Å². The van der Waals surface area contributed by atoms with Gasteiger partial charge in [0, 0.05) is 12.6 Å². The Kier molecular flexibility index (Phi) is 4.57. The van der Waals surface area contributed by atoms with Crippen molar-refractivity contribution in [3.63, 3.8) is 0 Å². The summed E-state index contributed by atoms with van der Waals surface area (Å²) in [6, 6.07) is 9.04. The van der Waals surface area contributed by atoms with Crippen molar-refractivity contribution in [3.8, 4) is 0 Å². The normalized spacial score (nSPS) is 22.4. The number of aryl methyl sites for hydroxylation is 1. The molecule has 1 aliphatic heterocycles. The Morgan fingerprint density at radius 3 is 2.82 bits per heavy atom. The molecule has 1 saturated heterocycles. The Labute approximate surface area is 104 Å². The lowest BCUT2D eigenvalue weighted by Crippen LogP contribution is -2.27. The smallest absolute Gasteiger partial charge is 0.0593 e. The number of ether oxygens (including phenoxy) is 1. The predicted octanol–water partition coefficient (Wildman–Crippen LogP) is 3.21. The lowest BCUT2D eigenvalue weighted by atomic mass is 9.94. The summed E-state index contributed by atoms with van der Waals surface area (Å²) < 4.78 is 5.83. The second kappa shape index (κ2) is 6.18. The molecule has 2 unspecified atom stereocenters. The molecule has 1 fully saturated rings. The van der Waals surface area contributed by atoms with Crippen LogP contribution in [0.1, 0.15) is 42.9 Å². The summed E-state index contributed by atoms with van der Waals surface area (Å²) in [5, 5.41) is 3.43. The fourth-order valence-corrected chi connectivity index (χ4v) is 2.63. The highest BCUT2D eigenvalue weighted by molar-refractivity contribution is 5.28. The van der Waals surface area contributed by atoms with Gasteiger partial charge in [0.2, 0.25) is 0 Å². The summed E-state index contributed by atoms with van der Waals surface area (Å²) in [6.45, 7) is 3.12. The predicted molar refractivity (Wildman–Crippen MR) is 71.2 cm³/mol. The van der Waals surface area contributed by atoms with E-state index in [1.807, 2.05) is 7.05 Å². The molecule has 0 spiro atoms. The summed E-state index contributed by atoms with van der Waals surface area (Å²) in [7, 11) is 2.04. The first-order chi connectivity index (χ1) is 8.31. The van der Waals surface area contributed by atoms with Crippen molar-refractivity contribution in [1.29, 1.82) is 0 Å². The Morgan fingerprint density at radius 2 is 2.18 bits per heavy atom. The van der Waals surface area contributed by atoms with E-state index in [9.17, 15) is 0 Å². The van der Waals surface area contributed by atoms with Gasteiger partial charge in [-0.2, -0.15) is 0 Å². The topological polar surface area (TPSA) is 21.3 Å². The summed E-state index contributed by atoms with van der Waals surface area (Å²) in [5.74, 6) is 0. The van der Waals surface area contributed by atoms with E-state index in [1.54, 1.807) is 0 Å². The number of hydrogen-bond donors (Lipinski definition) is 1. The van der Waals surface area contributed by atoms with Crippen LogP contribution in [0.5, 0.6) is 0 Å². The summed E-state index contributed by atoms with van der Waals surface area (Å²) >= 11 is 0. The van der Waals surface area contributed by atoms with Gasteiger partial charge in [-0.25, -0.2) is 0 Å². The van der Waals surface area contributed by atoms with E-state index in [-0.39, 0.29) is 0 Å². The largest absolute Gasteiger partial charge is 0.378 e. The van der Waals surface area contributed by atoms with Gasteiger partial charge in [-0.15, -0.1) is 0 Å². The Hall–Kier alpha value is -0.860. The van der Waals surface area contributed by atoms with Crippen LogP contribution in [-0.4, -0.2) is 19.8 Å². The Balaban J connectivity index is 2.03. The molecule has 0 radical (unpaired) electrons. The van der Waals surface area contributed by atoms with Gasteiger partial charge in [0.15, 0.2) is 0 Å². The first-order valence-electron chi connectivity index (χ1n) is 6.65. The van der Waals surface area contributed by atoms with Crippen LogP contribution in [0.3, 0.4) is 0 Å². The summed E-state index contributed by atoms with van der Waals surface area (Å²) in [6.07, 6.45) is 5.27. The number of nitrogens with one attached hydrogen (secondary N) is 1. The molecule has 2 nitrogen and oxygen atoms in total. The van der Waals surface area contributed by atoms with E-state index in [1.165, 1.54) is 30.4 Å². The number of rotatable bonds is 4. The molecule has 0 saturated carbocycles. The highest BCUT2D eigenvalue weighted by atomic mass is 16.5. The molecule has 1 heterocycles. The molecule has 1 aromatic rings. The van der Waals surface area contributed by atoms with Crippen molar-refractivity contribution in [1.82, 2.24) is 5.32 Å². The minimum atomic E-state index is 0.416. The van der Waals surface area contributed by atoms with Gasteiger partial charge < -0.3 is 10.1 Å². The van der Waals surface area contributed by atoms with Crippen molar-refractivity contribution >= 4 is 0 Å². The molecule has 0 bridgehead atoms. The van der Waals surface area contributed by atoms with Gasteiger partial charge >= 0.3 is 0 Å². The van der Waals surface area contributed by atoms with E-state index in [0.29, 0.717) is 12.1 Å². The molecule has 94 valence electrons. The van der Waals surface area contributed by atoms with E-state index in [2.05, 4.69) is 36.5 Å². The fourth-order valence-electron chi connectivity index (χ4n) is 2.63. The molecular formula is C15H23NO. The zero-order valence-electron chi connectivity index (χ0n) is 10.9. The number of hydrogen-bond acceptors (Lipinski definition) is 2. The molecule has 0 aromatic heterocycles. The van der Waals surface area contributed by atoms with Gasteiger partial charge in [0.05, 0.1) is 6.10 Å². The average molecular weight is 233 g/mol. The van der Waals surface area contributed by atoms with Gasteiger partial charge in [-0.3, -0.25) is 0 Å². The van der Waals surface area contributed by atoms with Crippen molar-refractivity contribution < 1.29 is 4.74 Å². The fraction of sp³-hybridized carbons (Fsp3) is 0.600. The minimum absolute atomic E-state index is 0.416. The van der Waals surface area contributed by atoms with E-state index in [0.717, 1.165) is 13.0 Å². The Morgan fingerprint density at radius 1 is 1.35 bits per heavy atom. The molecule has 17 heavy (non-hydrogen) atoms. The average Bonchev–Trinajstić information content (AvgIpc) is 2.38. The third-order valence-corrected chi connectivity index (χ3v) is 3.68. The van der Waals surface area contributed by atoms with Gasteiger partial charge in [0.1, 0.15) is 0 Å². The lowest BCUT2D eigenvalue weighted by Gasteiger charge is -2.27. The van der Waals surface area contributed by atoms with Crippen LogP contribution in [0.2, 0.25) is 0 Å². The minimum Gasteiger partial charge on any atom is -0.378 e. The zero-order chi connectivity index (χ0) is 12.1. The van der Waals surface area contributed by atoms with Crippen LogP contribution in [0.25, 0.3) is 0 Å². The second-order valence-corrected chi connectivity index (χ2v) is 4.92. The van der Waals surface area contributed by atoms with Crippen LogP contribution in [0.15, 0.2) is 24.3 Å². The van der Waals surface area contributed by atoms with Crippen molar-refractivity contribution in [2.24, 2.45) is 0 Å². The quantitative estimate of drug-likeness (QED) is 0.862. The molecule has 2 rings (SSSR count). The van der Waals surface area contributed by atoms with E-state index in [4.69, 9.17) is 4.74 Å². The maximum Gasteiger partial charge on any atom is 0.0593 e. The monoisotopic (exact) mass is 233 g/mol. The van der Waals surface area contributed by atoms with Crippen LogP contribution >= 0.6 is 0 Å². The van der Waals surface area contributed by atoms with Crippen molar-refractivity contribution in [2.75, 3.05) is 13.7 Å². The number of benzene rings is 1. The molecule has 0 aliphatic carbocycles. The maximum absolute atomic E-state index is 5.83. The third-order valence-electron chi connectivity index (χ3n) is 3.68. The van der Waals surface area contributed by atoms with E-state index >= 15 is 0 Å². The van der Waals surface area contributed by atoms with Crippen LogP contribution in [0, 0.1) is 6.92 Å². The maximum atomic E-state index is 5.83. The SMILES string of the molecule is CNC(CC1CCCCO1)c1ccccc1C. The Bertz CT molecular complexity index is 345. The van der Waals surface area contributed by atoms with Gasteiger partial charge in [-0.05, 0) is 50.8 Å². The van der Waals surface area contributed by atoms with Crippen LogP contribution < -0.4 is 5.32 Å². The first kappa shape index (κ1) is 12.6. The van der Waals surface area contributed by atoms with E-state index < -0.39 is 0 Å². The standard InChI is InChI=1S/C15H23NO/c1-12-7-3-4-9-14(12)15(16-2)11-13-8-5-6-10-17-13/h3-4,7,9,13,15-16H,5-6,8,10-11H2,1-2H3. The summed E-state index contributed by atoms with van der Waals surface area (Å²) in [4.78, 5) is 0. The highest BCUT2D eigenvalue weighted by Gasteiger charge is 2.20. The molecule has 1 aromatic carbocycles. The molecular weight excluding hydrogens is 210 g/mol. The third kappa shape index (κ3) is 3.30. The van der Waals surface area contributed by atoms with Crippen molar-refractivity contribution in [3.05, 3.63) is 35.4 Å². The molecule has 1 N–H and O–H groups in total. The highest BCUT2D eigenvalue weighted by Crippen LogP contribution is 2.26. The van der Waals surface area contributed by atoms with Crippen LogP contribution in [-0.2, 0) is 4.74 Å². The lowest BCUT2D eigenvalue weighted by molar-refractivity contribution is 0.00545. The molecule has 2 atom stereocenters. The van der Waals surface area contributed by atoms with Gasteiger partial charge in [0.25, 0.3) is 0 Å². The molecule has 1 aliphatic rings. The summed E-state index contributed by atoms with van der Waals surface area (Å²) in [5.41, 5.74) is 2.77. The van der Waals surface area contributed by atoms with Crippen molar-refractivity contribution in [2.45, 2.75) is 44.8 Å².